The summed E-state index contributed by atoms with van der Waals surface area (Å²) in [7, 11) is 0. The number of amides is 2. The van der Waals surface area contributed by atoms with Gasteiger partial charge in [-0.2, -0.15) is 0 Å². The Labute approximate surface area is 155 Å². The van der Waals surface area contributed by atoms with Gasteiger partial charge in [-0.25, -0.2) is 0 Å². The summed E-state index contributed by atoms with van der Waals surface area (Å²) < 4.78 is 5.72. The second kappa shape index (κ2) is 7.29. The van der Waals surface area contributed by atoms with E-state index in [4.69, 9.17) is 4.74 Å². The van der Waals surface area contributed by atoms with Crippen molar-refractivity contribution in [3.05, 3.63) is 29.3 Å². The lowest BCUT2D eigenvalue weighted by molar-refractivity contribution is -0.127. The lowest BCUT2D eigenvalue weighted by atomic mass is 9.93. The molecule has 5 nitrogen and oxygen atoms in total. The molecule has 26 heavy (non-hydrogen) atoms. The molecule has 0 spiro atoms. The quantitative estimate of drug-likeness (QED) is 0.833. The van der Waals surface area contributed by atoms with Crippen LogP contribution in [-0.2, 0) is 11.2 Å². The molecule has 0 aromatic heterocycles. The largest absolute Gasteiger partial charge is 0.490 e. The van der Waals surface area contributed by atoms with E-state index in [2.05, 4.69) is 6.92 Å². The molecule has 0 N–H and O–H groups in total. The molecule has 1 unspecified atom stereocenters. The van der Waals surface area contributed by atoms with Crippen LogP contribution in [0.1, 0.15) is 54.9 Å². The van der Waals surface area contributed by atoms with Crippen LogP contribution in [0.25, 0.3) is 0 Å². The predicted octanol–water partition coefficient (Wildman–Crippen LogP) is 2.87. The molecule has 140 valence electrons. The van der Waals surface area contributed by atoms with E-state index in [1.54, 1.807) is 0 Å². The average molecular weight is 356 g/mol. The molecule has 3 heterocycles. The van der Waals surface area contributed by atoms with Crippen molar-refractivity contribution in [2.45, 2.75) is 51.6 Å². The highest BCUT2D eigenvalue weighted by Gasteiger charge is 2.27. The minimum atomic E-state index is 0.139. The summed E-state index contributed by atoms with van der Waals surface area (Å²) in [6, 6.07) is 5.84. The third-order valence-electron chi connectivity index (χ3n) is 6.02. The summed E-state index contributed by atoms with van der Waals surface area (Å²) in [5, 5.41) is 0. The summed E-state index contributed by atoms with van der Waals surface area (Å²) in [4.78, 5) is 28.5. The molecule has 0 aliphatic carbocycles. The fourth-order valence-corrected chi connectivity index (χ4v) is 4.44. The van der Waals surface area contributed by atoms with E-state index in [1.807, 2.05) is 28.0 Å². The lowest BCUT2D eigenvalue weighted by Crippen LogP contribution is -2.39. The van der Waals surface area contributed by atoms with Gasteiger partial charge in [0.25, 0.3) is 5.91 Å². The second-order valence-corrected chi connectivity index (χ2v) is 7.96. The van der Waals surface area contributed by atoms with Crippen LogP contribution < -0.4 is 4.74 Å². The molecule has 0 bridgehead atoms. The van der Waals surface area contributed by atoms with Gasteiger partial charge in [-0.3, -0.25) is 9.59 Å². The predicted molar refractivity (Wildman–Crippen MR) is 99.3 cm³/mol. The van der Waals surface area contributed by atoms with E-state index in [1.165, 1.54) is 0 Å². The van der Waals surface area contributed by atoms with Crippen molar-refractivity contribution in [1.82, 2.24) is 9.80 Å². The average Bonchev–Trinajstić information content (AvgIpc) is 3.23. The third-order valence-corrected chi connectivity index (χ3v) is 6.02. The van der Waals surface area contributed by atoms with E-state index < -0.39 is 0 Å². The molecule has 2 fully saturated rings. The summed E-state index contributed by atoms with van der Waals surface area (Å²) in [6.45, 7) is 5.52. The number of piperidine rings is 1. The first-order valence-corrected chi connectivity index (χ1v) is 9.97. The first-order valence-electron chi connectivity index (χ1n) is 9.97. The van der Waals surface area contributed by atoms with Crippen molar-refractivity contribution in [2.24, 2.45) is 5.92 Å². The maximum atomic E-state index is 12.8. The zero-order valence-corrected chi connectivity index (χ0v) is 15.6. The van der Waals surface area contributed by atoms with Crippen LogP contribution in [0.15, 0.2) is 18.2 Å². The number of carbonyl (C=O) groups excluding carboxylic acids is 2. The Hall–Kier alpha value is -2.04. The topological polar surface area (TPSA) is 49.9 Å². The Kier molecular flexibility index (Phi) is 4.88. The van der Waals surface area contributed by atoms with Crippen molar-refractivity contribution in [1.29, 1.82) is 0 Å². The van der Waals surface area contributed by atoms with Crippen molar-refractivity contribution >= 4 is 11.8 Å². The molecule has 1 aromatic carbocycles. The number of ether oxygens (including phenoxy) is 1. The van der Waals surface area contributed by atoms with Crippen LogP contribution in [0, 0.1) is 5.92 Å². The molecular weight excluding hydrogens is 328 g/mol. The van der Waals surface area contributed by atoms with Gasteiger partial charge in [0.2, 0.25) is 5.91 Å². The zero-order chi connectivity index (χ0) is 18.1. The maximum Gasteiger partial charge on any atom is 0.253 e. The number of likely N-dealkylation sites (tertiary alicyclic amines) is 2. The molecule has 3 aliphatic rings. The Bertz CT molecular complexity index is 694. The molecule has 5 heteroatoms. The number of nitrogens with zero attached hydrogens (tertiary/aromatic N) is 2. The van der Waals surface area contributed by atoms with E-state index in [0.717, 1.165) is 81.6 Å². The Morgan fingerprint density at radius 3 is 2.77 bits per heavy atom. The number of hydrogen-bond donors (Lipinski definition) is 0. The smallest absolute Gasteiger partial charge is 0.253 e. The molecule has 3 aliphatic heterocycles. The Morgan fingerprint density at radius 2 is 2.04 bits per heavy atom. The van der Waals surface area contributed by atoms with E-state index in [0.29, 0.717) is 11.8 Å². The van der Waals surface area contributed by atoms with Crippen molar-refractivity contribution in [3.63, 3.8) is 0 Å². The maximum absolute atomic E-state index is 12.8. The number of rotatable bonds is 4. The normalized spacial score (nSPS) is 23.3. The van der Waals surface area contributed by atoms with Crippen LogP contribution in [0.2, 0.25) is 0 Å². The van der Waals surface area contributed by atoms with Crippen LogP contribution >= 0.6 is 0 Å². The highest BCUT2D eigenvalue weighted by molar-refractivity contribution is 5.94. The molecule has 2 saturated heterocycles. The van der Waals surface area contributed by atoms with Gasteiger partial charge in [0.1, 0.15) is 11.9 Å². The monoisotopic (exact) mass is 356 g/mol. The Balaban J connectivity index is 1.28. The third kappa shape index (κ3) is 3.57. The fraction of sp³-hybridized carbons (Fsp3) is 0.619. The molecule has 1 aromatic rings. The van der Waals surface area contributed by atoms with Gasteiger partial charge in [0, 0.05) is 44.6 Å². The lowest BCUT2D eigenvalue weighted by Gasteiger charge is -2.33. The van der Waals surface area contributed by atoms with Gasteiger partial charge in [-0.1, -0.05) is 0 Å². The highest BCUT2D eigenvalue weighted by Crippen LogP contribution is 2.30. The summed E-state index contributed by atoms with van der Waals surface area (Å²) in [5.41, 5.74) is 1.93. The van der Waals surface area contributed by atoms with Crippen LogP contribution in [0.3, 0.4) is 0 Å². The molecule has 0 saturated carbocycles. The number of benzene rings is 1. The van der Waals surface area contributed by atoms with Gasteiger partial charge in [0.05, 0.1) is 0 Å². The fourth-order valence-electron chi connectivity index (χ4n) is 4.44. The van der Waals surface area contributed by atoms with Gasteiger partial charge in [-0.15, -0.1) is 0 Å². The van der Waals surface area contributed by atoms with Crippen molar-refractivity contribution in [2.75, 3.05) is 26.2 Å². The van der Waals surface area contributed by atoms with Crippen LogP contribution in [0.5, 0.6) is 5.75 Å². The summed E-state index contributed by atoms with van der Waals surface area (Å²) >= 11 is 0. The first kappa shape index (κ1) is 17.4. The van der Waals surface area contributed by atoms with E-state index in [-0.39, 0.29) is 12.0 Å². The van der Waals surface area contributed by atoms with Crippen molar-refractivity contribution in [3.8, 4) is 5.75 Å². The molecule has 2 amide bonds. The van der Waals surface area contributed by atoms with Gasteiger partial charge in [-0.05, 0) is 62.3 Å². The van der Waals surface area contributed by atoms with Crippen LogP contribution in [-0.4, -0.2) is 53.9 Å². The minimum Gasteiger partial charge on any atom is -0.490 e. The second-order valence-electron chi connectivity index (χ2n) is 7.96. The van der Waals surface area contributed by atoms with Gasteiger partial charge in [0.15, 0.2) is 0 Å². The molecular formula is C21H28N2O3. The van der Waals surface area contributed by atoms with E-state index >= 15 is 0 Å². The number of carbonyl (C=O) groups is 2. The van der Waals surface area contributed by atoms with Gasteiger partial charge < -0.3 is 14.5 Å². The Morgan fingerprint density at radius 1 is 1.23 bits per heavy atom. The molecule has 1 atom stereocenters. The van der Waals surface area contributed by atoms with Gasteiger partial charge >= 0.3 is 0 Å². The summed E-state index contributed by atoms with van der Waals surface area (Å²) in [6.07, 6.45) is 5.97. The minimum absolute atomic E-state index is 0.139. The van der Waals surface area contributed by atoms with E-state index in [9.17, 15) is 9.59 Å². The molecule has 0 radical (unpaired) electrons. The highest BCUT2D eigenvalue weighted by atomic mass is 16.5. The van der Waals surface area contributed by atoms with Crippen molar-refractivity contribution < 1.29 is 14.3 Å². The molecule has 4 rings (SSSR count). The first-order chi connectivity index (χ1) is 12.6. The van der Waals surface area contributed by atoms with Crippen LogP contribution in [0.4, 0.5) is 0 Å². The SMILES string of the molecule is CC1Cc2cc(C(=O)N3CCC(CCN4CCCC4=O)CC3)ccc2O1. The zero-order valence-electron chi connectivity index (χ0n) is 15.6. The summed E-state index contributed by atoms with van der Waals surface area (Å²) in [5.74, 6) is 2.00. The number of fused-ring (bicyclic) bond motifs is 1. The standard InChI is InChI=1S/C21H28N2O3/c1-15-13-18-14-17(4-5-19(18)26-15)21(25)23-11-7-16(8-12-23)6-10-22-9-2-3-20(22)24/h4-5,14-16H,2-3,6-13H2,1H3. The number of hydrogen-bond acceptors (Lipinski definition) is 3.